The summed E-state index contributed by atoms with van der Waals surface area (Å²) in [7, 11) is 4.03. The van der Waals surface area contributed by atoms with E-state index in [9.17, 15) is 4.79 Å². The molecule has 2 heterocycles. The number of aromatic nitrogens is 1. The van der Waals surface area contributed by atoms with E-state index in [1.54, 1.807) is 0 Å². The molecule has 0 bridgehead atoms. The van der Waals surface area contributed by atoms with Crippen molar-refractivity contribution < 1.29 is 9.32 Å². The lowest BCUT2D eigenvalue weighted by molar-refractivity contribution is -0.122. The zero-order valence-corrected chi connectivity index (χ0v) is 16.0. The molecule has 25 heavy (non-hydrogen) atoms. The Morgan fingerprint density at radius 1 is 1.44 bits per heavy atom. The van der Waals surface area contributed by atoms with Gasteiger partial charge in [0.05, 0.1) is 5.69 Å². The zero-order chi connectivity index (χ0) is 18.1. The van der Waals surface area contributed by atoms with Gasteiger partial charge in [-0.3, -0.25) is 4.79 Å². The summed E-state index contributed by atoms with van der Waals surface area (Å²) >= 11 is 0. The van der Waals surface area contributed by atoms with Crippen LogP contribution in [0.5, 0.6) is 0 Å². The van der Waals surface area contributed by atoms with Crippen molar-refractivity contribution in [2.45, 2.75) is 45.4 Å². The Morgan fingerprint density at radius 3 is 3.04 bits per heavy atom. The number of hydrogen-bond donors (Lipinski definition) is 2. The highest BCUT2D eigenvalue weighted by Crippen LogP contribution is 2.26. The van der Waals surface area contributed by atoms with Gasteiger partial charge < -0.3 is 20.1 Å². The molecule has 2 rings (SSSR count). The van der Waals surface area contributed by atoms with Gasteiger partial charge in [-0.05, 0) is 58.3 Å². The minimum absolute atomic E-state index is 0.169. The number of piperidine rings is 1. The van der Waals surface area contributed by atoms with E-state index in [1.807, 2.05) is 14.1 Å². The third-order valence-electron chi connectivity index (χ3n) is 4.95. The molecule has 6 nitrogen and oxygen atoms in total. The van der Waals surface area contributed by atoms with Crippen molar-refractivity contribution in [1.82, 2.24) is 20.7 Å². The number of carbonyl (C=O) groups is 1. The van der Waals surface area contributed by atoms with E-state index in [1.165, 1.54) is 0 Å². The van der Waals surface area contributed by atoms with Crippen molar-refractivity contribution in [2.24, 2.45) is 11.8 Å². The molecule has 0 unspecified atom stereocenters. The average molecular weight is 351 g/mol. The van der Waals surface area contributed by atoms with E-state index in [4.69, 9.17) is 4.52 Å². The third-order valence-corrected chi connectivity index (χ3v) is 4.95. The number of carbonyl (C=O) groups excluding carboxylic acids is 1. The van der Waals surface area contributed by atoms with Gasteiger partial charge >= 0.3 is 0 Å². The first-order chi connectivity index (χ1) is 12.1. The Labute approximate surface area is 151 Å². The largest absolute Gasteiger partial charge is 0.361 e. The Morgan fingerprint density at radius 2 is 2.28 bits per heavy atom. The van der Waals surface area contributed by atoms with E-state index in [2.05, 4.69) is 33.7 Å². The summed E-state index contributed by atoms with van der Waals surface area (Å²) in [5.41, 5.74) is 1.03. The summed E-state index contributed by atoms with van der Waals surface area (Å²) in [5, 5.41) is 10.7. The van der Waals surface area contributed by atoms with Crippen molar-refractivity contribution in [2.75, 3.05) is 40.3 Å². The second kappa shape index (κ2) is 10.6. The fraction of sp³-hybridized carbons (Fsp3) is 0.789. The number of nitrogens with zero attached hydrogens (tertiary/aromatic N) is 2. The normalized spacial score (nSPS) is 20.8. The van der Waals surface area contributed by atoms with E-state index in [-0.39, 0.29) is 5.91 Å². The molecule has 1 aromatic rings. The highest BCUT2D eigenvalue weighted by molar-refractivity contribution is 5.76. The standard InChI is InChI=1S/C19H34N4O2/c1-4-5-6-18-13-17(22-25-18)11-16-14-20-8-7-15(16)12-19(24)21-9-10-23(2)3/h13,15-16,20H,4-12,14H2,1-3H3,(H,21,24)/t15-,16+/m0/s1. The Bertz CT molecular complexity index is 515. The van der Waals surface area contributed by atoms with Gasteiger partial charge in [-0.15, -0.1) is 0 Å². The van der Waals surface area contributed by atoms with Crippen LogP contribution >= 0.6 is 0 Å². The fourth-order valence-electron chi connectivity index (χ4n) is 3.40. The lowest BCUT2D eigenvalue weighted by atomic mass is 9.81. The molecular formula is C19H34N4O2. The summed E-state index contributed by atoms with van der Waals surface area (Å²) < 4.78 is 5.45. The van der Waals surface area contributed by atoms with E-state index >= 15 is 0 Å². The van der Waals surface area contributed by atoms with Gasteiger partial charge in [-0.25, -0.2) is 0 Å². The summed E-state index contributed by atoms with van der Waals surface area (Å²) in [4.78, 5) is 14.3. The molecule has 0 spiro atoms. The first-order valence-corrected chi connectivity index (χ1v) is 9.65. The number of nitrogens with one attached hydrogen (secondary N) is 2. The van der Waals surface area contributed by atoms with Crippen LogP contribution in [0.2, 0.25) is 0 Å². The maximum atomic E-state index is 12.2. The number of likely N-dealkylation sites (N-methyl/N-ethyl adjacent to an activating group) is 1. The summed E-state index contributed by atoms with van der Waals surface area (Å²) in [6.07, 6.45) is 5.80. The van der Waals surface area contributed by atoms with Crippen molar-refractivity contribution >= 4 is 5.91 Å². The van der Waals surface area contributed by atoms with Crippen LogP contribution in [-0.4, -0.2) is 56.2 Å². The molecule has 2 N–H and O–H groups in total. The Balaban J connectivity index is 1.83. The highest BCUT2D eigenvalue weighted by atomic mass is 16.5. The van der Waals surface area contributed by atoms with Crippen molar-refractivity contribution in [1.29, 1.82) is 0 Å². The van der Waals surface area contributed by atoms with Crippen LogP contribution in [0, 0.1) is 11.8 Å². The van der Waals surface area contributed by atoms with Crippen molar-refractivity contribution in [3.05, 3.63) is 17.5 Å². The fourth-order valence-corrected chi connectivity index (χ4v) is 3.40. The monoisotopic (exact) mass is 350 g/mol. The number of unbranched alkanes of at least 4 members (excludes halogenated alkanes) is 1. The third kappa shape index (κ3) is 7.16. The average Bonchev–Trinajstić information content (AvgIpc) is 3.02. The maximum Gasteiger partial charge on any atom is 0.220 e. The summed E-state index contributed by atoms with van der Waals surface area (Å²) in [6, 6.07) is 2.10. The molecule has 1 amide bonds. The number of amides is 1. The van der Waals surface area contributed by atoms with Crippen LogP contribution in [-0.2, 0) is 17.6 Å². The van der Waals surface area contributed by atoms with Crippen LogP contribution < -0.4 is 10.6 Å². The molecule has 0 radical (unpaired) electrons. The lowest BCUT2D eigenvalue weighted by Gasteiger charge is -2.31. The Kier molecular flexibility index (Phi) is 8.41. The molecule has 1 aromatic heterocycles. The van der Waals surface area contributed by atoms with Gasteiger partial charge in [0.1, 0.15) is 5.76 Å². The zero-order valence-electron chi connectivity index (χ0n) is 16.0. The lowest BCUT2D eigenvalue weighted by Crippen LogP contribution is -2.41. The van der Waals surface area contributed by atoms with Gasteiger partial charge in [-0.2, -0.15) is 0 Å². The van der Waals surface area contributed by atoms with Crippen LogP contribution in [0.25, 0.3) is 0 Å². The molecule has 1 aliphatic rings. The minimum Gasteiger partial charge on any atom is -0.361 e. The molecule has 2 atom stereocenters. The Hall–Kier alpha value is -1.40. The minimum atomic E-state index is 0.169. The molecule has 1 fully saturated rings. The van der Waals surface area contributed by atoms with Crippen molar-refractivity contribution in [3.8, 4) is 0 Å². The summed E-state index contributed by atoms with van der Waals surface area (Å²) in [6.45, 7) is 5.71. The smallest absolute Gasteiger partial charge is 0.220 e. The predicted octanol–water partition coefficient (Wildman–Crippen LogP) is 1.85. The highest BCUT2D eigenvalue weighted by Gasteiger charge is 2.28. The molecule has 1 saturated heterocycles. The first kappa shape index (κ1) is 19.9. The van der Waals surface area contributed by atoms with Gasteiger partial charge in [0.2, 0.25) is 5.91 Å². The number of aryl methyl sites for hydroxylation is 1. The van der Waals surface area contributed by atoms with Crippen molar-refractivity contribution in [3.63, 3.8) is 0 Å². The van der Waals surface area contributed by atoms with Gasteiger partial charge in [-0.1, -0.05) is 18.5 Å². The summed E-state index contributed by atoms with van der Waals surface area (Å²) in [5.74, 6) is 2.01. The predicted molar refractivity (Wildman–Crippen MR) is 99.5 cm³/mol. The van der Waals surface area contributed by atoms with Gasteiger partial charge in [0.15, 0.2) is 0 Å². The second-order valence-corrected chi connectivity index (χ2v) is 7.46. The van der Waals surface area contributed by atoms with Crippen LogP contribution in [0.15, 0.2) is 10.6 Å². The molecule has 0 saturated carbocycles. The molecule has 0 aliphatic carbocycles. The molecular weight excluding hydrogens is 316 g/mol. The van der Waals surface area contributed by atoms with Gasteiger partial charge in [0, 0.05) is 32.0 Å². The van der Waals surface area contributed by atoms with E-state index in [0.29, 0.717) is 24.8 Å². The first-order valence-electron chi connectivity index (χ1n) is 9.65. The quantitative estimate of drug-likeness (QED) is 0.674. The van der Waals surface area contributed by atoms with Crippen LogP contribution in [0.3, 0.4) is 0 Å². The molecule has 142 valence electrons. The SMILES string of the molecule is CCCCc1cc(C[C@@H]2CNCC[C@H]2CC(=O)NCCN(C)C)no1. The van der Waals surface area contributed by atoms with Crippen LogP contribution in [0.1, 0.15) is 44.1 Å². The number of hydrogen-bond acceptors (Lipinski definition) is 5. The maximum absolute atomic E-state index is 12.2. The topological polar surface area (TPSA) is 70.4 Å². The molecule has 0 aromatic carbocycles. The molecule has 6 heteroatoms. The second-order valence-electron chi connectivity index (χ2n) is 7.46. The molecule has 1 aliphatic heterocycles. The number of rotatable bonds is 10. The van der Waals surface area contributed by atoms with Crippen LogP contribution in [0.4, 0.5) is 0 Å². The van der Waals surface area contributed by atoms with Gasteiger partial charge in [0.25, 0.3) is 0 Å². The van der Waals surface area contributed by atoms with E-state index in [0.717, 1.165) is 63.2 Å². The van der Waals surface area contributed by atoms with E-state index < -0.39 is 0 Å².